The maximum atomic E-state index is 14.0. The van der Waals surface area contributed by atoms with E-state index in [2.05, 4.69) is 20.8 Å². The van der Waals surface area contributed by atoms with Crippen molar-refractivity contribution in [2.45, 2.75) is 37.5 Å². The fraction of sp³-hybridized carbons (Fsp3) is 0.500. The summed E-state index contributed by atoms with van der Waals surface area (Å²) in [6.45, 7) is 5.29. The van der Waals surface area contributed by atoms with Gasteiger partial charge in [-0.05, 0) is 49.1 Å². The number of para-hydroxylation sites is 2. The van der Waals surface area contributed by atoms with E-state index >= 15 is 0 Å². The Labute approximate surface area is 238 Å². The summed E-state index contributed by atoms with van der Waals surface area (Å²) in [5.41, 5.74) is 2.35. The highest BCUT2D eigenvalue weighted by Crippen LogP contribution is 2.40. The molecule has 0 aromatic heterocycles. The van der Waals surface area contributed by atoms with E-state index < -0.39 is 10.0 Å². The summed E-state index contributed by atoms with van der Waals surface area (Å²) >= 11 is 3.47. The third-order valence-corrected chi connectivity index (χ3v) is 10.3. The largest absolute Gasteiger partial charge is 0.495 e. The van der Waals surface area contributed by atoms with Crippen LogP contribution in [0.5, 0.6) is 5.75 Å². The molecule has 0 N–H and O–H groups in total. The zero-order chi connectivity index (χ0) is 27.7. The first-order valence-electron chi connectivity index (χ1n) is 13.5. The molecule has 1 unspecified atom stereocenters. The molecule has 3 aliphatic heterocycles. The third kappa shape index (κ3) is 5.40. The van der Waals surface area contributed by atoms with Gasteiger partial charge in [-0.3, -0.25) is 9.59 Å². The molecule has 2 aromatic rings. The predicted octanol–water partition coefficient (Wildman–Crippen LogP) is 3.51. The molecule has 0 spiro atoms. The summed E-state index contributed by atoms with van der Waals surface area (Å²) in [5.74, 6) is 0.340. The molecule has 39 heavy (non-hydrogen) atoms. The Morgan fingerprint density at radius 2 is 1.79 bits per heavy atom. The average Bonchev–Trinajstić information content (AvgIpc) is 3.39. The van der Waals surface area contributed by atoms with Gasteiger partial charge in [0.15, 0.2) is 0 Å². The van der Waals surface area contributed by atoms with Crippen molar-refractivity contribution in [1.82, 2.24) is 9.21 Å². The van der Waals surface area contributed by atoms with E-state index in [1.807, 2.05) is 35.2 Å². The number of hydrogen-bond donors (Lipinski definition) is 0. The van der Waals surface area contributed by atoms with Crippen molar-refractivity contribution in [2.24, 2.45) is 5.92 Å². The summed E-state index contributed by atoms with van der Waals surface area (Å²) in [5, 5.41) is 0. The highest BCUT2D eigenvalue weighted by Gasteiger charge is 2.39. The van der Waals surface area contributed by atoms with E-state index in [9.17, 15) is 18.0 Å². The molecule has 2 aromatic carbocycles. The van der Waals surface area contributed by atoms with Gasteiger partial charge in [0.25, 0.3) is 0 Å². The maximum Gasteiger partial charge on any atom is 0.245 e. The second-order valence-corrected chi connectivity index (χ2v) is 13.1. The van der Waals surface area contributed by atoms with Gasteiger partial charge in [-0.1, -0.05) is 35.0 Å². The van der Waals surface area contributed by atoms with E-state index in [1.54, 1.807) is 25.0 Å². The van der Waals surface area contributed by atoms with Gasteiger partial charge in [0, 0.05) is 56.7 Å². The zero-order valence-corrected chi connectivity index (χ0v) is 24.8. The van der Waals surface area contributed by atoms with Crippen molar-refractivity contribution >= 4 is 49.1 Å². The van der Waals surface area contributed by atoms with Crippen molar-refractivity contribution in [3.63, 3.8) is 0 Å². The number of piperazine rings is 1. The third-order valence-electron chi connectivity index (χ3n) is 7.97. The molecule has 11 heteroatoms. The molecule has 2 amide bonds. The first-order valence-corrected chi connectivity index (χ1v) is 15.8. The number of carbonyl (C=O) groups excluding carboxylic acids is 2. The van der Waals surface area contributed by atoms with Crippen LogP contribution in [-0.2, 0) is 26.0 Å². The maximum absolute atomic E-state index is 14.0. The molecular weight excluding hydrogens is 584 g/mol. The molecule has 210 valence electrons. The number of fused-ring (bicyclic) bond motifs is 1. The number of ether oxygens (including phenoxy) is 1. The minimum Gasteiger partial charge on any atom is -0.495 e. The lowest BCUT2D eigenvalue weighted by Gasteiger charge is -2.39. The van der Waals surface area contributed by atoms with Gasteiger partial charge in [-0.2, -0.15) is 4.31 Å². The van der Waals surface area contributed by atoms with Crippen molar-refractivity contribution in [3.05, 3.63) is 46.4 Å². The molecular formula is C28H35BrN4O5S. The van der Waals surface area contributed by atoms with Crippen LogP contribution in [0.15, 0.2) is 45.8 Å². The lowest BCUT2D eigenvalue weighted by molar-refractivity contribution is -0.137. The smallest absolute Gasteiger partial charge is 0.245 e. The van der Waals surface area contributed by atoms with Gasteiger partial charge in [-0.15, -0.1) is 0 Å². The summed E-state index contributed by atoms with van der Waals surface area (Å²) in [6, 6.07) is 11.4. The lowest BCUT2D eigenvalue weighted by atomic mass is 9.97. The molecule has 0 saturated carbocycles. The molecule has 9 nitrogen and oxygen atoms in total. The molecule has 0 radical (unpaired) electrons. The lowest BCUT2D eigenvalue weighted by Crippen LogP contribution is -2.53. The van der Waals surface area contributed by atoms with Crippen LogP contribution in [0.25, 0.3) is 0 Å². The fourth-order valence-electron chi connectivity index (χ4n) is 5.92. The second kappa shape index (κ2) is 11.5. The van der Waals surface area contributed by atoms with Crippen molar-refractivity contribution < 1.29 is 22.7 Å². The number of nitrogens with zero attached hydrogens (tertiary/aromatic N) is 4. The van der Waals surface area contributed by atoms with E-state index in [0.717, 1.165) is 17.0 Å². The Bertz CT molecular complexity index is 1360. The minimum atomic E-state index is -3.92. The number of hydrogen-bond acceptors (Lipinski definition) is 6. The number of carbonyl (C=O) groups is 2. The number of amides is 2. The van der Waals surface area contributed by atoms with Gasteiger partial charge in [0.1, 0.15) is 10.6 Å². The Hall–Kier alpha value is -2.63. The summed E-state index contributed by atoms with van der Waals surface area (Å²) < 4.78 is 35.6. The van der Waals surface area contributed by atoms with Crippen LogP contribution in [-0.4, -0.2) is 82.4 Å². The Morgan fingerprint density at radius 1 is 1.05 bits per heavy atom. The molecule has 2 fully saturated rings. The van der Waals surface area contributed by atoms with Gasteiger partial charge < -0.3 is 19.4 Å². The van der Waals surface area contributed by atoms with Crippen molar-refractivity contribution in [2.75, 3.05) is 62.7 Å². The molecule has 0 aliphatic carbocycles. The van der Waals surface area contributed by atoms with E-state index in [4.69, 9.17) is 4.74 Å². The topological polar surface area (TPSA) is 90.5 Å². The number of piperidine rings is 1. The Kier molecular flexibility index (Phi) is 8.21. The number of rotatable bonds is 6. The van der Waals surface area contributed by atoms with E-state index in [1.165, 1.54) is 4.31 Å². The summed E-state index contributed by atoms with van der Waals surface area (Å²) in [4.78, 5) is 32.0. The monoisotopic (exact) mass is 618 g/mol. The molecule has 0 bridgehead atoms. The first kappa shape index (κ1) is 27.9. The SMILES string of the molecule is CCC(=O)N1CCc2cc(Br)cc(S(=O)(=O)N3CCCC(C(=O)N4CCN(c5ccccc5OC)CC4)C3)c21. The number of halogens is 1. The highest BCUT2D eigenvalue weighted by molar-refractivity contribution is 9.10. The van der Waals surface area contributed by atoms with Crippen LogP contribution in [0.4, 0.5) is 11.4 Å². The highest BCUT2D eigenvalue weighted by atomic mass is 79.9. The molecule has 3 aliphatic rings. The molecule has 2 saturated heterocycles. The number of sulfonamides is 1. The summed E-state index contributed by atoms with van der Waals surface area (Å²) in [7, 11) is -2.26. The normalized spacial score (nSPS) is 20.2. The van der Waals surface area contributed by atoms with Crippen LogP contribution in [0.2, 0.25) is 0 Å². The van der Waals surface area contributed by atoms with Crippen LogP contribution in [0.3, 0.4) is 0 Å². The Morgan fingerprint density at radius 3 is 2.51 bits per heavy atom. The van der Waals surface area contributed by atoms with Crippen LogP contribution < -0.4 is 14.5 Å². The quantitative estimate of drug-likeness (QED) is 0.492. The van der Waals surface area contributed by atoms with E-state index in [0.29, 0.717) is 75.1 Å². The van der Waals surface area contributed by atoms with Gasteiger partial charge in [0.2, 0.25) is 21.8 Å². The molecule has 5 rings (SSSR count). The fourth-order valence-corrected chi connectivity index (χ4v) is 8.37. The zero-order valence-electron chi connectivity index (χ0n) is 22.4. The summed E-state index contributed by atoms with van der Waals surface area (Å²) in [6.07, 6.45) is 2.20. The van der Waals surface area contributed by atoms with Crippen LogP contribution >= 0.6 is 15.9 Å². The van der Waals surface area contributed by atoms with Gasteiger partial charge in [0.05, 0.1) is 24.4 Å². The minimum absolute atomic E-state index is 0.0110. The van der Waals surface area contributed by atoms with Crippen molar-refractivity contribution in [1.29, 1.82) is 0 Å². The van der Waals surface area contributed by atoms with E-state index in [-0.39, 0.29) is 29.2 Å². The van der Waals surface area contributed by atoms with Gasteiger partial charge in [-0.25, -0.2) is 8.42 Å². The van der Waals surface area contributed by atoms with Crippen LogP contribution in [0, 0.1) is 5.92 Å². The number of anilines is 2. The predicted molar refractivity (Wildman–Crippen MR) is 154 cm³/mol. The molecule has 1 atom stereocenters. The average molecular weight is 620 g/mol. The number of benzene rings is 2. The second-order valence-electron chi connectivity index (χ2n) is 10.2. The van der Waals surface area contributed by atoms with Gasteiger partial charge >= 0.3 is 0 Å². The Balaban J connectivity index is 1.31. The van der Waals surface area contributed by atoms with Crippen LogP contribution in [0.1, 0.15) is 31.7 Å². The molecule has 3 heterocycles. The first-order chi connectivity index (χ1) is 18.7. The van der Waals surface area contributed by atoms with Crippen molar-refractivity contribution in [3.8, 4) is 5.75 Å². The number of methoxy groups -OCH3 is 1. The standard InChI is InChI=1S/C28H35BrN4O5S/c1-3-26(34)33-12-10-20-17-22(29)18-25(27(20)33)39(36,37)32-11-6-7-21(19-32)28(35)31-15-13-30(14-16-31)23-8-4-5-9-24(23)38-2/h4-5,8-9,17-18,21H,3,6-7,10-16,19H2,1-2H3.